The maximum absolute atomic E-state index is 13.5. The number of hydrogen-bond donors (Lipinski definition) is 4. The second kappa shape index (κ2) is 7.16. The molecule has 138 valence electrons. The quantitative estimate of drug-likeness (QED) is 0.657. The van der Waals surface area contributed by atoms with E-state index in [2.05, 4.69) is 10.4 Å². The summed E-state index contributed by atoms with van der Waals surface area (Å²) in [7, 11) is 0. The molecule has 2 aromatic rings. The predicted octanol–water partition coefficient (Wildman–Crippen LogP) is 2.20. The number of aromatic hydroxyl groups is 1. The van der Waals surface area contributed by atoms with Crippen LogP contribution in [0.4, 0.5) is 14.9 Å². The van der Waals surface area contributed by atoms with Gasteiger partial charge in [-0.3, -0.25) is 4.79 Å². The first kappa shape index (κ1) is 17.9. The SMILES string of the molecule is NC(=O)Nc1cn(C2=CC=C(c3cc(F)ccc3O)C=CC2)nc1C(N)=O. The molecule has 3 rings (SSSR count). The molecule has 1 aromatic carbocycles. The van der Waals surface area contributed by atoms with Crippen molar-refractivity contribution < 1.29 is 19.1 Å². The minimum Gasteiger partial charge on any atom is -0.507 e. The summed E-state index contributed by atoms with van der Waals surface area (Å²) in [5.74, 6) is -1.33. The number of carbonyl (C=O) groups excluding carboxylic acids is 2. The average Bonchev–Trinajstić information content (AvgIpc) is 2.86. The summed E-state index contributed by atoms with van der Waals surface area (Å²) in [4.78, 5) is 22.6. The molecular formula is C18H16FN5O3. The van der Waals surface area contributed by atoms with Crippen LogP contribution in [0, 0.1) is 5.82 Å². The number of phenols is 1. The van der Waals surface area contributed by atoms with E-state index in [1.807, 2.05) is 0 Å². The van der Waals surface area contributed by atoms with Crippen molar-refractivity contribution in [2.75, 3.05) is 5.32 Å². The van der Waals surface area contributed by atoms with Gasteiger partial charge in [0.2, 0.25) is 0 Å². The third-order valence-corrected chi connectivity index (χ3v) is 3.85. The fourth-order valence-electron chi connectivity index (χ4n) is 2.63. The van der Waals surface area contributed by atoms with Crippen molar-refractivity contribution in [3.8, 4) is 5.75 Å². The van der Waals surface area contributed by atoms with Crippen LogP contribution in [0.5, 0.6) is 5.75 Å². The number of amides is 3. The van der Waals surface area contributed by atoms with Gasteiger partial charge in [0.15, 0.2) is 5.69 Å². The molecule has 0 fully saturated rings. The molecule has 0 atom stereocenters. The van der Waals surface area contributed by atoms with Crippen LogP contribution < -0.4 is 16.8 Å². The van der Waals surface area contributed by atoms with Gasteiger partial charge < -0.3 is 21.9 Å². The third-order valence-electron chi connectivity index (χ3n) is 3.85. The van der Waals surface area contributed by atoms with Gasteiger partial charge in [-0.1, -0.05) is 18.2 Å². The van der Waals surface area contributed by atoms with Crippen LogP contribution in [0.3, 0.4) is 0 Å². The number of anilines is 1. The topological polar surface area (TPSA) is 136 Å². The van der Waals surface area contributed by atoms with Gasteiger partial charge in [0.25, 0.3) is 5.91 Å². The Morgan fingerprint density at radius 1 is 1.26 bits per heavy atom. The fraction of sp³-hybridized carbons (Fsp3) is 0.0556. The number of aromatic nitrogens is 2. The number of hydrogen-bond acceptors (Lipinski definition) is 4. The van der Waals surface area contributed by atoms with E-state index in [-0.39, 0.29) is 17.1 Å². The molecule has 0 unspecified atom stereocenters. The zero-order valence-corrected chi connectivity index (χ0v) is 14.0. The number of phenolic OH excluding ortho intramolecular Hbond substituents is 1. The van der Waals surface area contributed by atoms with E-state index in [0.717, 1.165) is 0 Å². The molecule has 3 amide bonds. The van der Waals surface area contributed by atoms with E-state index >= 15 is 0 Å². The number of nitrogens with two attached hydrogens (primary N) is 2. The summed E-state index contributed by atoms with van der Waals surface area (Å²) in [5.41, 5.74) is 11.9. The number of nitrogens with one attached hydrogen (secondary N) is 1. The molecule has 0 radical (unpaired) electrons. The van der Waals surface area contributed by atoms with Crippen LogP contribution in [0.2, 0.25) is 0 Å². The Kier molecular flexibility index (Phi) is 4.75. The maximum Gasteiger partial charge on any atom is 0.316 e. The standard InChI is InChI=1S/C18H16FN5O3/c19-11-5-7-15(25)13(8-11)10-2-1-3-12(6-4-10)24-9-14(22-18(21)27)16(23-24)17(20)26/h1-2,4-9,25H,3H2,(H2,20,26)(H3,21,22,27). The first-order chi connectivity index (χ1) is 12.8. The lowest BCUT2D eigenvalue weighted by molar-refractivity contribution is 0.0996. The largest absolute Gasteiger partial charge is 0.507 e. The summed E-state index contributed by atoms with van der Waals surface area (Å²) in [6, 6.07) is 2.83. The number of carbonyl (C=O) groups is 2. The minimum absolute atomic E-state index is 0.0489. The van der Waals surface area contributed by atoms with Gasteiger partial charge in [0, 0.05) is 17.7 Å². The second-order valence-corrected chi connectivity index (χ2v) is 5.74. The maximum atomic E-state index is 13.5. The van der Waals surface area contributed by atoms with Gasteiger partial charge in [-0.05, 0) is 29.8 Å². The molecule has 1 aliphatic rings. The number of urea groups is 1. The number of allylic oxidation sites excluding steroid dienone is 6. The second-order valence-electron chi connectivity index (χ2n) is 5.74. The van der Waals surface area contributed by atoms with Gasteiger partial charge in [0.1, 0.15) is 11.6 Å². The molecule has 1 heterocycles. The van der Waals surface area contributed by atoms with Crippen LogP contribution in [0.1, 0.15) is 22.5 Å². The number of benzene rings is 1. The van der Waals surface area contributed by atoms with Gasteiger partial charge in [-0.15, -0.1) is 0 Å². The molecule has 0 bridgehead atoms. The van der Waals surface area contributed by atoms with Crippen LogP contribution in [-0.4, -0.2) is 26.8 Å². The number of halogens is 1. The number of rotatable bonds is 4. The van der Waals surface area contributed by atoms with Gasteiger partial charge in [-0.2, -0.15) is 5.10 Å². The highest BCUT2D eigenvalue weighted by Crippen LogP contribution is 2.29. The first-order valence-electron chi connectivity index (χ1n) is 7.87. The highest BCUT2D eigenvalue weighted by molar-refractivity contribution is 6.00. The molecule has 27 heavy (non-hydrogen) atoms. The zero-order valence-electron chi connectivity index (χ0n) is 14.0. The summed E-state index contributed by atoms with van der Waals surface area (Å²) in [6.07, 6.45) is 8.75. The lowest BCUT2D eigenvalue weighted by atomic mass is 10.0. The minimum atomic E-state index is -0.851. The Labute approximate surface area is 153 Å². The molecule has 0 spiro atoms. The normalized spacial score (nSPS) is 13.5. The van der Waals surface area contributed by atoms with E-state index in [0.29, 0.717) is 23.3 Å². The molecule has 9 heteroatoms. The van der Waals surface area contributed by atoms with Crippen molar-refractivity contribution in [3.05, 3.63) is 65.8 Å². The first-order valence-corrected chi connectivity index (χ1v) is 7.87. The Morgan fingerprint density at radius 2 is 2.04 bits per heavy atom. The van der Waals surface area contributed by atoms with E-state index in [4.69, 9.17) is 11.5 Å². The molecule has 0 saturated carbocycles. The molecule has 8 nitrogen and oxygen atoms in total. The molecule has 1 aromatic heterocycles. The van der Waals surface area contributed by atoms with Crippen LogP contribution in [0.25, 0.3) is 11.3 Å². The van der Waals surface area contributed by atoms with E-state index in [1.165, 1.54) is 29.1 Å². The van der Waals surface area contributed by atoms with Crippen LogP contribution in [-0.2, 0) is 0 Å². The molecule has 0 aliphatic heterocycles. The molecule has 6 N–H and O–H groups in total. The molecular weight excluding hydrogens is 353 g/mol. The van der Waals surface area contributed by atoms with Gasteiger partial charge in [-0.25, -0.2) is 13.9 Å². The van der Waals surface area contributed by atoms with Crippen molar-refractivity contribution in [2.45, 2.75) is 6.42 Å². The third kappa shape index (κ3) is 3.87. The average molecular weight is 369 g/mol. The lowest BCUT2D eigenvalue weighted by Crippen LogP contribution is -2.22. The summed E-state index contributed by atoms with van der Waals surface area (Å²) in [6.45, 7) is 0. The zero-order chi connectivity index (χ0) is 19.6. The number of nitrogens with zero attached hydrogens (tertiary/aromatic N) is 2. The van der Waals surface area contributed by atoms with E-state index < -0.39 is 17.8 Å². The Bertz CT molecular complexity index is 1020. The molecule has 1 aliphatic carbocycles. The van der Waals surface area contributed by atoms with Crippen molar-refractivity contribution >= 4 is 28.9 Å². The summed E-state index contributed by atoms with van der Waals surface area (Å²) < 4.78 is 14.9. The van der Waals surface area contributed by atoms with Crippen molar-refractivity contribution in [1.82, 2.24) is 9.78 Å². The van der Waals surface area contributed by atoms with Crippen molar-refractivity contribution in [2.24, 2.45) is 11.5 Å². The van der Waals surface area contributed by atoms with E-state index in [9.17, 15) is 19.1 Å². The Hall–Kier alpha value is -3.88. The smallest absolute Gasteiger partial charge is 0.316 e. The number of primary amides is 2. The lowest BCUT2D eigenvalue weighted by Gasteiger charge is -2.04. The monoisotopic (exact) mass is 369 g/mol. The van der Waals surface area contributed by atoms with Crippen LogP contribution in [0.15, 0.2) is 48.7 Å². The molecule has 0 saturated heterocycles. The highest BCUT2D eigenvalue weighted by atomic mass is 19.1. The Morgan fingerprint density at radius 3 is 2.74 bits per heavy atom. The van der Waals surface area contributed by atoms with Gasteiger partial charge in [0.05, 0.1) is 11.9 Å². The van der Waals surface area contributed by atoms with Crippen molar-refractivity contribution in [3.63, 3.8) is 0 Å². The predicted molar refractivity (Wildman–Crippen MR) is 98.0 cm³/mol. The van der Waals surface area contributed by atoms with Crippen LogP contribution >= 0.6 is 0 Å². The Balaban J connectivity index is 1.99. The fourth-order valence-corrected chi connectivity index (χ4v) is 2.63. The van der Waals surface area contributed by atoms with Gasteiger partial charge >= 0.3 is 6.03 Å². The highest BCUT2D eigenvalue weighted by Gasteiger charge is 2.17. The van der Waals surface area contributed by atoms with E-state index in [1.54, 1.807) is 24.3 Å². The summed E-state index contributed by atoms with van der Waals surface area (Å²) in [5, 5.41) is 16.3. The summed E-state index contributed by atoms with van der Waals surface area (Å²) >= 11 is 0. The van der Waals surface area contributed by atoms with Crippen molar-refractivity contribution in [1.29, 1.82) is 0 Å².